The molecule has 1 aliphatic heterocycles. The summed E-state index contributed by atoms with van der Waals surface area (Å²) in [6, 6.07) is 0.171. The quantitative estimate of drug-likeness (QED) is 0.622. The molecule has 74 valence electrons. The molecule has 0 aromatic heterocycles. The van der Waals surface area contributed by atoms with E-state index in [1.54, 1.807) is 6.08 Å². The number of hydrogen-bond acceptors (Lipinski definition) is 2. The van der Waals surface area contributed by atoms with Gasteiger partial charge in [-0.05, 0) is 26.3 Å². The number of carbonyl (C=O) groups is 1. The fraction of sp³-hybridized carbons (Fsp3) is 0.700. The zero-order valence-corrected chi connectivity index (χ0v) is 8.16. The predicted octanol–water partition coefficient (Wildman–Crippen LogP) is 1.56. The minimum absolute atomic E-state index is 0.0443. The van der Waals surface area contributed by atoms with Gasteiger partial charge in [-0.15, -0.1) is 0 Å². The average molecular weight is 185 g/mol. The molecule has 1 aliphatic rings. The van der Waals surface area contributed by atoms with Crippen LogP contribution in [0.3, 0.4) is 0 Å². The number of carbonyl (C=O) groups excluding carboxylic acids is 1. The Labute approximate surface area is 78.4 Å². The normalized spacial score (nSPS) is 26.8. The van der Waals surface area contributed by atoms with E-state index in [-0.39, 0.29) is 11.8 Å². The Kier molecular flexibility index (Phi) is 3.60. The maximum Gasteiger partial charge on any atom is 0.152 e. The number of hydrogen-bond donors (Lipinski definition) is 0. The van der Waals surface area contributed by atoms with E-state index in [9.17, 15) is 9.18 Å². The van der Waals surface area contributed by atoms with Crippen LogP contribution in [0.4, 0.5) is 4.39 Å². The van der Waals surface area contributed by atoms with Gasteiger partial charge in [0, 0.05) is 19.1 Å². The highest BCUT2D eigenvalue weighted by atomic mass is 19.1. The van der Waals surface area contributed by atoms with Gasteiger partial charge >= 0.3 is 0 Å². The summed E-state index contributed by atoms with van der Waals surface area (Å²) >= 11 is 0. The zero-order chi connectivity index (χ0) is 9.84. The van der Waals surface area contributed by atoms with E-state index in [1.807, 2.05) is 17.9 Å². The fourth-order valence-electron chi connectivity index (χ4n) is 1.51. The molecule has 0 spiro atoms. The van der Waals surface area contributed by atoms with Crippen molar-refractivity contribution in [1.82, 2.24) is 4.90 Å². The molecule has 1 saturated heterocycles. The van der Waals surface area contributed by atoms with Crippen molar-refractivity contribution < 1.29 is 9.18 Å². The molecule has 2 unspecified atom stereocenters. The van der Waals surface area contributed by atoms with E-state index < -0.39 is 6.17 Å². The van der Waals surface area contributed by atoms with Crippen molar-refractivity contribution in [1.29, 1.82) is 0 Å². The van der Waals surface area contributed by atoms with Gasteiger partial charge in [-0.25, -0.2) is 4.39 Å². The number of rotatable bonds is 3. The van der Waals surface area contributed by atoms with Gasteiger partial charge in [-0.3, -0.25) is 9.69 Å². The van der Waals surface area contributed by atoms with Crippen molar-refractivity contribution >= 4 is 5.78 Å². The predicted molar refractivity (Wildman–Crippen MR) is 50.4 cm³/mol. The largest absolute Gasteiger partial charge is 0.295 e. The van der Waals surface area contributed by atoms with Crippen LogP contribution in [0.1, 0.15) is 20.3 Å². The first kappa shape index (κ1) is 10.4. The van der Waals surface area contributed by atoms with Gasteiger partial charge in [0.15, 0.2) is 5.78 Å². The molecule has 0 aliphatic carbocycles. The molecule has 2 atom stereocenters. The molecule has 0 aromatic rings. The summed E-state index contributed by atoms with van der Waals surface area (Å²) < 4.78 is 12.8. The lowest BCUT2D eigenvalue weighted by Gasteiger charge is -2.19. The van der Waals surface area contributed by atoms with Crippen LogP contribution < -0.4 is 0 Å². The molecule has 1 fully saturated rings. The topological polar surface area (TPSA) is 20.3 Å². The SMILES string of the molecule is CC(=O)/C=C/C(C)N1CCC(F)C1. The minimum Gasteiger partial charge on any atom is -0.295 e. The summed E-state index contributed by atoms with van der Waals surface area (Å²) in [6.45, 7) is 4.80. The van der Waals surface area contributed by atoms with Crippen molar-refractivity contribution in [2.45, 2.75) is 32.5 Å². The van der Waals surface area contributed by atoms with Crippen LogP contribution in [-0.2, 0) is 4.79 Å². The first-order valence-electron chi connectivity index (χ1n) is 4.66. The third-order valence-electron chi connectivity index (χ3n) is 2.35. The van der Waals surface area contributed by atoms with Gasteiger partial charge in [0.05, 0.1) is 0 Å². The lowest BCUT2D eigenvalue weighted by molar-refractivity contribution is -0.112. The van der Waals surface area contributed by atoms with Gasteiger partial charge < -0.3 is 0 Å². The van der Waals surface area contributed by atoms with E-state index in [0.29, 0.717) is 13.0 Å². The summed E-state index contributed by atoms with van der Waals surface area (Å²) in [6.07, 6.45) is 3.32. The highest BCUT2D eigenvalue weighted by molar-refractivity contribution is 5.87. The zero-order valence-electron chi connectivity index (χ0n) is 8.16. The molecule has 1 rings (SSSR count). The molecule has 0 bridgehead atoms. The van der Waals surface area contributed by atoms with Crippen LogP contribution in [0, 0.1) is 0 Å². The van der Waals surface area contributed by atoms with Crippen LogP contribution in [0.25, 0.3) is 0 Å². The Bertz CT molecular complexity index is 215. The number of nitrogens with zero attached hydrogens (tertiary/aromatic N) is 1. The molecular weight excluding hydrogens is 169 g/mol. The molecule has 13 heavy (non-hydrogen) atoms. The van der Waals surface area contributed by atoms with Crippen LogP contribution in [0.2, 0.25) is 0 Å². The number of ketones is 1. The van der Waals surface area contributed by atoms with Gasteiger partial charge in [0.2, 0.25) is 0 Å². The standard InChI is InChI=1S/C10H16FNO/c1-8(3-4-9(2)13)12-6-5-10(11)7-12/h3-4,8,10H,5-7H2,1-2H3/b4-3+. The summed E-state index contributed by atoms with van der Waals surface area (Å²) in [5.74, 6) is 0.0443. The molecule has 0 radical (unpaired) electrons. The van der Waals surface area contributed by atoms with Gasteiger partial charge in [-0.2, -0.15) is 0 Å². The third-order valence-corrected chi connectivity index (χ3v) is 2.35. The van der Waals surface area contributed by atoms with Gasteiger partial charge in [-0.1, -0.05) is 6.08 Å². The molecule has 0 aromatic carbocycles. The van der Waals surface area contributed by atoms with Crippen molar-refractivity contribution in [2.24, 2.45) is 0 Å². The van der Waals surface area contributed by atoms with Crippen LogP contribution in [0.5, 0.6) is 0 Å². The van der Waals surface area contributed by atoms with Crippen molar-refractivity contribution in [2.75, 3.05) is 13.1 Å². The molecular formula is C10H16FNO. The second-order valence-electron chi connectivity index (χ2n) is 3.59. The number of halogens is 1. The maximum atomic E-state index is 12.8. The van der Waals surface area contributed by atoms with E-state index in [1.165, 1.54) is 6.92 Å². The second-order valence-corrected chi connectivity index (χ2v) is 3.59. The number of alkyl halides is 1. The Morgan fingerprint density at radius 2 is 2.38 bits per heavy atom. The van der Waals surface area contributed by atoms with E-state index in [4.69, 9.17) is 0 Å². The minimum atomic E-state index is -0.687. The highest BCUT2D eigenvalue weighted by Gasteiger charge is 2.24. The molecule has 0 N–H and O–H groups in total. The van der Waals surface area contributed by atoms with Crippen molar-refractivity contribution in [3.05, 3.63) is 12.2 Å². The molecule has 0 saturated carbocycles. The highest BCUT2D eigenvalue weighted by Crippen LogP contribution is 2.15. The van der Waals surface area contributed by atoms with Crippen LogP contribution in [-0.4, -0.2) is 36.0 Å². The van der Waals surface area contributed by atoms with Crippen LogP contribution in [0.15, 0.2) is 12.2 Å². The average Bonchev–Trinajstić information content (AvgIpc) is 2.47. The second kappa shape index (κ2) is 4.51. The Hall–Kier alpha value is -0.700. The lowest BCUT2D eigenvalue weighted by Crippen LogP contribution is -2.29. The first-order chi connectivity index (χ1) is 6.09. The number of likely N-dealkylation sites (tertiary alicyclic amines) is 1. The molecule has 0 amide bonds. The Morgan fingerprint density at radius 1 is 1.69 bits per heavy atom. The Morgan fingerprint density at radius 3 is 2.85 bits per heavy atom. The summed E-state index contributed by atoms with van der Waals surface area (Å²) in [7, 11) is 0. The van der Waals surface area contributed by atoms with E-state index in [0.717, 1.165) is 6.54 Å². The van der Waals surface area contributed by atoms with Crippen LogP contribution >= 0.6 is 0 Å². The Balaban J connectivity index is 2.39. The first-order valence-corrected chi connectivity index (χ1v) is 4.66. The third kappa shape index (κ3) is 3.27. The summed E-state index contributed by atoms with van der Waals surface area (Å²) in [4.78, 5) is 12.7. The van der Waals surface area contributed by atoms with Crippen molar-refractivity contribution in [3.8, 4) is 0 Å². The van der Waals surface area contributed by atoms with Crippen molar-refractivity contribution in [3.63, 3.8) is 0 Å². The molecule has 3 heteroatoms. The smallest absolute Gasteiger partial charge is 0.152 e. The van der Waals surface area contributed by atoms with E-state index in [2.05, 4.69) is 0 Å². The van der Waals surface area contributed by atoms with Gasteiger partial charge in [0.1, 0.15) is 6.17 Å². The van der Waals surface area contributed by atoms with E-state index >= 15 is 0 Å². The lowest BCUT2D eigenvalue weighted by atomic mass is 10.2. The molecule has 1 heterocycles. The summed E-state index contributed by atoms with van der Waals surface area (Å²) in [5.41, 5.74) is 0. The fourth-order valence-corrected chi connectivity index (χ4v) is 1.51. The monoisotopic (exact) mass is 185 g/mol. The summed E-state index contributed by atoms with van der Waals surface area (Å²) in [5, 5.41) is 0. The molecule has 2 nitrogen and oxygen atoms in total. The van der Waals surface area contributed by atoms with Gasteiger partial charge in [0.25, 0.3) is 0 Å². The number of allylic oxidation sites excluding steroid dienone is 1. The maximum absolute atomic E-state index is 12.8.